The van der Waals surface area contributed by atoms with Crippen molar-refractivity contribution in [2.45, 2.75) is 167 Å². The fourth-order valence-corrected chi connectivity index (χ4v) is 12.4. The van der Waals surface area contributed by atoms with E-state index in [9.17, 15) is 0 Å². The molecule has 0 aliphatic heterocycles. The predicted octanol–water partition coefficient (Wildman–Crippen LogP) is 10.4. The molecule has 0 saturated heterocycles. The van der Waals surface area contributed by atoms with Gasteiger partial charge in [0.15, 0.2) is 0 Å². The molecule has 0 aromatic rings. The van der Waals surface area contributed by atoms with E-state index in [1.807, 2.05) is 0 Å². The van der Waals surface area contributed by atoms with Crippen LogP contribution in [0.2, 0.25) is 0 Å². The zero-order chi connectivity index (χ0) is 26.3. The summed E-state index contributed by atoms with van der Waals surface area (Å²) in [6, 6.07) is 2.70. The molecule has 7 rings (SSSR count). The molecule has 0 amide bonds. The third kappa shape index (κ3) is 5.71. The highest BCUT2D eigenvalue weighted by Crippen LogP contribution is 2.61. The Labute approximate surface area is 242 Å². The first-order valence-corrected chi connectivity index (χ1v) is 18.6. The highest BCUT2D eigenvalue weighted by molar-refractivity contribution is 5.07. The van der Waals surface area contributed by atoms with E-state index >= 15 is 0 Å². The van der Waals surface area contributed by atoms with Crippen LogP contribution >= 0.6 is 0 Å². The molecule has 0 aromatic carbocycles. The molecule has 7 unspecified atom stereocenters. The topological polar surface area (TPSA) is 3.24 Å². The van der Waals surface area contributed by atoms with Crippen molar-refractivity contribution in [1.82, 2.24) is 4.90 Å². The van der Waals surface area contributed by atoms with Gasteiger partial charge in [-0.2, -0.15) is 0 Å². The van der Waals surface area contributed by atoms with Crippen molar-refractivity contribution in [3.63, 3.8) is 0 Å². The van der Waals surface area contributed by atoms with Gasteiger partial charge in [0, 0.05) is 18.1 Å². The first kappa shape index (κ1) is 27.5. The highest BCUT2D eigenvalue weighted by Gasteiger charge is 2.53. The van der Waals surface area contributed by atoms with Gasteiger partial charge in [0.1, 0.15) is 0 Å². The quantitative estimate of drug-likeness (QED) is 0.318. The Morgan fingerprint density at radius 1 is 0.436 bits per heavy atom. The Morgan fingerprint density at radius 2 is 0.923 bits per heavy atom. The predicted molar refractivity (Wildman–Crippen MR) is 166 cm³/mol. The van der Waals surface area contributed by atoms with Gasteiger partial charge in [-0.05, 0) is 175 Å². The number of hydrogen-bond acceptors (Lipinski definition) is 1. The average Bonchev–Trinajstić information content (AvgIpc) is 2.98. The molecule has 7 aliphatic carbocycles. The van der Waals surface area contributed by atoms with Crippen molar-refractivity contribution in [1.29, 1.82) is 0 Å². The fourth-order valence-electron chi connectivity index (χ4n) is 12.4. The number of rotatable bonds is 5. The Bertz CT molecular complexity index is 779. The first-order valence-electron chi connectivity index (χ1n) is 18.6. The normalized spacial score (nSPS) is 50.6. The third-order valence-corrected chi connectivity index (χ3v) is 14.5. The number of hydrogen-bond donors (Lipinski definition) is 0. The van der Waals surface area contributed by atoms with E-state index < -0.39 is 0 Å². The van der Waals surface area contributed by atoms with Crippen molar-refractivity contribution in [2.24, 2.45) is 59.2 Å². The Hall–Kier alpha value is -0.300. The van der Waals surface area contributed by atoms with E-state index in [1.54, 1.807) is 51.4 Å². The molecule has 0 heterocycles. The summed E-state index contributed by atoms with van der Waals surface area (Å²) in [6.07, 6.45) is 37.6. The maximum atomic E-state index is 3.18. The van der Waals surface area contributed by atoms with Gasteiger partial charge in [0.05, 0.1) is 0 Å². The molecule has 7 saturated carbocycles. The lowest BCUT2D eigenvalue weighted by atomic mass is 9.46. The molecular weight excluding hydrogens is 470 g/mol. The van der Waals surface area contributed by atoms with Crippen molar-refractivity contribution >= 4 is 0 Å². The smallest absolute Gasteiger partial charge is 0.0102 e. The minimum Gasteiger partial charge on any atom is -0.294 e. The lowest BCUT2D eigenvalue weighted by molar-refractivity contribution is -0.0889. The zero-order valence-electron chi connectivity index (χ0n) is 26.0. The summed E-state index contributed by atoms with van der Waals surface area (Å²) in [6.45, 7) is 5.00. The lowest BCUT2D eigenvalue weighted by Crippen LogP contribution is -2.52. The number of allylic oxidation sites excluding steroid dienone is 2. The molecule has 0 aromatic heterocycles. The SMILES string of the molecule is CC1CCC(N(C2CCC(C)CC2)C2CCC(C=CC3CCC4CCC5CCCC6CCC3C4C56)CC2)CC1. The van der Waals surface area contributed by atoms with Gasteiger partial charge in [0.25, 0.3) is 0 Å². The summed E-state index contributed by atoms with van der Waals surface area (Å²) in [5.74, 6) is 10.4. The molecule has 0 spiro atoms. The van der Waals surface area contributed by atoms with Gasteiger partial charge < -0.3 is 0 Å². The number of nitrogens with zero attached hydrogens (tertiary/aromatic N) is 1. The van der Waals surface area contributed by atoms with Crippen LogP contribution in [0.25, 0.3) is 0 Å². The van der Waals surface area contributed by atoms with Crippen LogP contribution in [0.15, 0.2) is 12.2 Å². The van der Waals surface area contributed by atoms with Crippen LogP contribution in [0.3, 0.4) is 0 Å². The van der Waals surface area contributed by atoms with Crippen molar-refractivity contribution in [3.05, 3.63) is 12.2 Å². The van der Waals surface area contributed by atoms with Gasteiger partial charge in [-0.15, -0.1) is 0 Å². The molecule has 1 heteroatoms. The van der Waals surface area contributed by atoms with Crippen LogP contribution in [-0.4, -0.2) is 23.0 Å². The average molecular weight is 534 g/mol. The van der Waals surface area contributed by atoms with Crippen molar-refractivity contribution in [2.75, 3.05) is 0 Å². The van der Waals surface area contributed by atoms with Crippen LogP contribution in [0, 0.1) is 59.2 Å². The summed E-state index contributed by atoms with van der Waals surface area (Å²) < 4.78 is 0. The van der Waals surface area contributed by atoms with E-state index in [-0.39, 0.29) is 0 Å². The van der Waals surface area contributed by atoms with Crippen molar-refractivity contribution in [3.8, 4) is 0 Å². The van der Waals surface area contributed by atoms with Crippen LogP contribution in [0.1, 0.15) is 149 Å². The van der Waals surface area contributed by atoms with E-state index in [4.69, 9.17) is 0 Å². The third-order valence-electron chi connectivity index (χ3n) is 14.5. The maximum Gasteiger partial charge on any atom is 0.0102 e. The Kier molecular flexibility index (Phi) is 8.56. The molecule has 7 aliphatic rings. The van der Waals surface area contributed by atoms with Crippen LogP contribution in [-0.2, 0) is 0 Å². The van der Waals surface area contributed by atoms with E-state index in [0.29, 0.717) is 0 Å². The molecule has 0 radical (unpaired) electrons. The monoisotopic (exact) mass is 533 g/mol. The van der Waals surface area contributed by atoms with Gasteiger partial charge in [-0.1, -0.05) is 45.3 Å². The van der Waals surface area contributed by atoms with Crippen molar-refractivity contribution < 1.29 is 0 Å². The Morgan fingerprint density at radius 3 is 1.51 bits per heavy atom. The summed E-state index contributed by atoms with van der Waals surface area (Å²) in [7, 11) is 0. The molecule has 1 nitrogen and oxygen atoms in total. The second-order valence-corrected chi connectivity index (χ2v) is 16.7. The first-order chi connectivity index (χ1) is 19.1. The lowest BCUT2D eigenvalue weighted by Gasteiger charge is -2.59. The maximum absolute atomic E-state index is 3.18. The van der Waals surface area contributed by atoms with E-state index in [1.165, 1.54) is 83.5 Å². The van der Waals surface area contributed by atoms with Crippen LogP contribution < -0.4 is 0 Å². The molecule has 0 bridgehead atoms. The van der Waals surface area contributed by atoms with Gasteiger partial charge in [0.2, 0.25) is 0 Å². The zero-order valence-corrected chi connectivity index (χ0v) is 26.0. The second kappa shape index (κ2) is 12.1. The summed E-state index contributed by atoms with van der Waals surface area (Å²) in [4.78, 5) is 3.18. The van der Waals surface area contributed by atoms with Gasteiger partial charge in [-0.25, -0.2) is 0 Å². The van der Waals surface area contributed by atoms with E-state index in [0.717, 1.165) is 77.3 Å². The summed E-state index contributed by atoms with van der Waals surface area (Å²) in [5, 5.41) is 0. The second-order valence-electron chi connectivity index (χ2n) is 16.7. The van der Waals surface area contributed by atoms with Gasteiger partial charge in [-0.3, -0.25) is 4.90 Å². The molecular formula is C38H63N. The van der Waals surface area contributed by atoms with E-state index in [2.05, 4.69) is 30.9 Å². The van der Waals surface area contributed by atoms with Crippen LogP contribution in [0.5, 0.6) is 0 Å². The summed E-state index contributed by atoms with van der Waals surface area (Å²) in [5.41, 5.74) is 0. The summed E-state index contributed by atoms with van der Waals surface area (Å²) >= 11 is 0. The Balaban J connectivity index is 0.976. The fraction of sp³-hybridized carbons (Fsp3) is 0.947. The van der Waals surface area contributed by atoms with Gasteiger partial charge >= 0.3 is 0 Å². The minimum atomic E-state index is 0.878. The minimum absolute atomic E-state index is 0.878. The molecule has 0 N–H and O–H groups in total. The molecule has 7 fully saturated rings. The molecule has 7 atom stereocenters. The highest BCUT2D eigenvalue weighted by atomic mass is 15.2. The molecule has 220 valence electrons. The largest absolute Gasteiger partial charge is 0.294 e. The standard InChI is InChI=1S/C38H63N/c1-26-6-19-33(20-7-26)39(34-21-8-27(2)9-22-34)35-23-11-28(12-24-35)10-13-29-14-15-32-17-16-30-4-3-5-31-18-25-36(29)38(32)37(30)31/h10,13,26-38H,3-9,11-12,14-25H2,1-2H3. The van der Waals surface area contributed by atoms with Crippen LogP contribution in [0.4, 0.5) is 0 Å². The molecule has 39 heavy (non-hydrogen) atoms.